The summed E-state index contributed by atoms with van der Waals surface area (Å²) in [4.78, 5) is 5.59. The summed E-state index contributed by atoms with van der Waals surface area (Å²) in [5, 5.41) is 3.40. The molecule has 0 saturated carbocycles. The highest BCUT2D eigenvalue weighted by Gasteiger charge is 2.00. The molecular formula is C13H13BrN2S. The van der Waals surface area contributed by atoms with E-state index in [0.29, 0.717) is 0 Å². The molecule has 2 rings (SSSR count). The van der Waals surface area contributed by atoms with Crippen LogP contribution < -0.4 is 5.32 Å². The van der Waals surface area contributed by atoms with Gasteiger partial charge < -0.3 is 5.32 Å². The lowest BCUT2D eigenvalue weighted by molar-refractivity contribution is 1.03. The molecule has 1 N–H and O–H groups in total. The van der Waals surface area contributed by atoms with E-state index in [1.165, 1.54) is 4.90 Å². The van der Waals surface area contributed by atoms with Crippen molar-refractivity contribution in [2.75, 3.05) is 11.6 Å². The summed E-state index contributed by atoms with van der Waals surface area (Å²) in [6, 6.07) is 12.3. The standard InChI is InChI=1S/C13H13BrN2S/c1-17-13-5-3-2-4-12(13)16-9-11-7-6-10(14)8-15-11/h2-8,16H,9H2,1H3. The molecule has 2 nitrogen and oxygen atoms in total. The first kappa shape index (κ1) is 12.5. The Morgan fingerprint density at radius 1 is 1.24 bits per heavy atom. The van der Waals surface area contributed by atoms with Crippen molar-refractivity contribution in [1.82, 2.24) is 4.98 Å². The van der Waals surface area contributed by atoms with Gasteiger partial charge in [-0.2, -0.15) is 0 Å². The van der Waals surface area contributed by atoms with Gasteiger partial charge in [-0.3, -0.25) is 4.98 Å². The average Bonchev–Trinajstić information content (AvgIpc) is 2.38. The predicted octanol–water partition coefficient (Wildman–Crippen LogP) is 4.18. The molecule has 0 fully saturated rings. The van der Waals surface area contributed by atoms with Gasteiger partial charge in [0.15, 0.2) is 0 Å². The number of rotatable bonds is 4. The second-order valence-electron chi connectivity index (χ2n) is 3.52. The van der Waals surface area contributed by atoms with E-state index >= 15 is 0 Å². The third-order valence-electron chi connectivity index (χ3n) is 2.36. The summed E-state index contributed by atoms with van der Waals surface area (Å²) in [5.74, 6) is 0. The second-order valence-corrected chi connectivity index (χ2v) is 5.29. The van der Waals surface area contributed by atoms with Gasteiger partial charge in [-0.1, -0.05) is 12.1 Å². The molecule has 0 atom stereocenters. The number of anilines is 1. The Bertz CT molecular complexity index is 485. The fourth-order valence-corrected chi connectivity index (χ4v) is 2.30. The van der Waals surface area contributed by atoms with Crippen LogP contribution in [0.1, 0.15) is 5.69 Å². The minimum atomic E-state index is 0.741. The lowest BCUT2D eigenvalue weighted by atomic mass is 10.3. The zero-order valence-electron chi connectivity index (χ0n) is 9.48. The zero-order valence-corrected chi connectivity index (χ0v) is 11.9. The van der Waals surface area contributed by atoms with Crippen LogP contribution in [0.5, 0.6) is 0 Å². The van der Waals surface area contributed by atoms with Gasteiger partial charge in [-0.25, -0.2) is 0 Å². The molecule has 17 heavy (non-hydrogen) atoms. The van der Waals surface area contributed by atoms with E-state index in [4.69, 9.17) is 0 Å². The number of para-hydroxylation sites is 1. The Balaban J connectivity index is 2.04. The van der Waals surface area contributed by atoms with Crippen molar-refractivity contribution in [3.63, 3.8) is 0 Å². The quantitative estimate of drug-likeness (QED) is 0.858. The van der Waals surface area contributed by atoms with Gasteiger partial charge in [-0.05, 0) is 46.5 Å². The molecule has 0 radical (unpaired) electrons. The van der Waals surface area contributed by atoms with E-state index in [-0.39, 0.29) is 0 Å². The van der Waals surface area contributed by atoms with Crippen molar-refractivity contribution in [1.29, 1.82) is 0 Å². The molecular weight excluding hydrogens is 296 g/mol. The molecule has 0 aliphatic carbocycles. The summed E-state index contributed by atoms with van der Waals surface area (Å²) >= 11 is 5.12. The van der Waals surface area contributed by atoms with Crippen LogP contribution in [0.25, 0.3) is 0 Å². The van der Waals surface area contributed by atoms with Crippen molar-refractivity contribution in [2.24, 2.45) is 0 Å². The fraction of sp³-hybridized carbons (Fsp3) is 0.154. The number of hydrogen-bond donors (Lipinski definition) is 1. The molecule has 2 aromatic rings. The summed E-state index contributed by atoms with van der Waals surface area (Å²) in [7, 11) is 0. The number of nitrogens with zero attached hydrogens (tertiary/aromatic N) is 1. The molecule has 0 amide bonds. The van der Waals surface area contributed by atoms with Gasteiger partial charge in [0.25, 0.3) is 0 Å². The molecule has 88 valence electrons. The fourth-order valence-electron chi connectivity index (χ4n) is 1.49. The van der Waals surface area contributed by atoms with Crippen LogP contribution in [0.4, 0.5) is 5.69 Å². The number of aromatic nitrogens is 1. The molecule has 1 aromatic heterocycles. The van der Waals surface area contributed by atoms with E-state index in [9.17, 15) is 0 Å². The minimum Gasteiger partial charge on any atom is -0.378 e. The van der Waals surface area contributed by atoms with Crippen molar-refractivity contribution >= 4 is 33.4 Å². The Kier molecular flexibility index (Phi) is 4.45. The van der Waals surface area contributed by atoms with Crippen molar-refractivity contribution in [3.05, 3.63) is 52.8 Å². The third-order valence-corrected chi connectivity index (χ3v) is 3.62. The molecule has 0 saturated heterocycles. The van der Waals surface area contributed by atoms with Gasteiger partial charge in [0.05, 0.1) is 12.2 Å². The average molecular weight is 309 g/mol. The molecule has 0 spiro atoms. The maximum atomic E-state index is 4.33. The number of halogens is 1. The maximum absolute atomic E-state index is 4.33. The molecule has 0 aliphatic heterocycles. The zero-order chi connectivity index (χ0) is 12.1. The largest absolute Gasteiger partial charge is 0.378 e. The molecule has 1 aromatic carbocycles. The summed E-state index contributed by atoms with van der Waals surface area (Å²) < 4.78 is 1.01. The Morgan fingerprint density at radius 2 is 2.06 bits per heavy atom. The number of thioether (sulfide) groups is 1. The Hall–Kier alpha value is -1.00. The van der Waals surface area contributed by atoms with E-state index in [0.717, 1.165) is 22.4 Å². The van der Waals surface area contributed by atoms with E-state index < -0.39 is 0 Å². The monoisotopic (exact) mass is 308 g/mol. The van der Waals surface area contributed by atoms with Crippen LogP contribution in [0.2, 0.25) is 0 Å². The smallest absolute Gasteiger partial charge is 0.0595 e. The van der Waals surface area contributed by atoms with Crippen LogP contribution in [0.3, 0.4) is 0 Å². The SMILES string of the molecule is CSc1ccccc1NCc1ccc(Br)cn1. The first-order chi connectivity index (χ1) is 8.29. The number of benzene rings is 1. The lowest BCUT2D eigenvalue weighted by Gasteiger charge is -2.09. The van der Waals surface area contributed by atoms with Crippen molar-refractivity contribution in [3.8, 4) is 0 Å². The van der Waals surface area contributed by atoms with E-state index in [1.807, 2.05) is 24.4 Å². The van der Waals surface area contributed by atoms with Gasteiger partial charge in [0.2, 0.25) is 0 Å². The van der Waals surface area contributed by atoms with Gasteiger partial charge in [0.1, 0.15) is 0 Å². The second kappa shape index (κ2) is 6.07. The van der Waals surface area contributed by atoms with Crippen LogP contribution in [0, 0.1) is 0 Å². The predicted molar refractivity (Wildman–Crippen MR) is 77.5 cm³/mol. The van der Waals surface area contributed by atoms with E-state index in [2.05, 4.69) is 50.7 Å². The highest BCUT2D eigenvalue weighted by Crippen LogP contribution is 2.24. The lowest BCUT2D eigenvalue weighted by Crippen LogP contribution is -2.02. The molecule has 0 aliphatic rings. The number of hydrogen-bond acceptors (Lipinski definition) is 3. The van der Waals surface area contributed by atoms with Crippen LogP contribution >= 0.6 is 27.7 Å². The van der Waals surface area contributed by atoms with Crippen molar-refractivity contribution < 1.29 is 0 Å². The highest BCUT2D eigenvalue weighted by molar-refractivity contribution is 9.10. The summed E-state index contributed by atoms with van der Waals surface area (Å²) in [6.07, 6.45) is 3.90. The molecule has 0 unspecified atom stereocenters. The first-order valence-electron chi connectivity index (χ1n) is 5.27. The third kappa shape index (κ3) is 3.48. The van der Waals surface area contributed by atoms with Crippen molar-refractivity contribution in [2.45, 2.75) is 11.4 Å². The number of nitrogens with one attached hydrogen (secondary N) is 1. The Morgan fingerprint density at radius 3 is 2.76 bits per heavy atom. The first-order valence-corrected chi connectivity index (χ1v) is 7.28. The topological polar surface area (TPSA) is 24.9 Å². The molecule has 4 heteroatoms. The highest BCUT2D eigenvalue weighted by atomic mass is 79.9. The summed E-state index contributed by atoms with van der Waals surface area (Å²) in [6.45, 7) is 0.741. The minimum absolute atomic E-state index is 0.741. The number of pyridine rings is 1. The van der Waals surface area contributed by atoms with Gasteiger partial charge in [0, 0.05) is 21.3 Å². The van der Waals surface area contributed by atoms with Crippen LogP contribution in [0.15, 0.2) is 52.0 Å². The van der Waals surface area contributed by atoms with Gasteiger partial charge >= 0.3 is 0 Å². The van der Waals surface area contributed by atoms with Crippen LogP contribution in [-0.2, 0) is 6.54 Å². The van der Waals surface area contributed by atoms with Gasteiger partial charge in [-0.15, -0.1) is 11.8 Å². The maximum Gasteiger partial charge on any atom is 0.0595 e. The molecule has 1 heterocycles. The van der Waals surface area contributed by atoms with Crippen LogP contribution in [-0.4, -0.2) is 11.2 Å². The molecule has 0 bridgehead atoms. The summed E-state index contributed by atoms with van der Waals surface area (Å²) in [5.41, 5.74) is 2.19. The Labute approximate surface area is 114 Å². The van der Waals surface area contributed by atoms with E-state index in [1.54, 1.807) is 11.8 Å². The normalized spacial score (nSPS) is 10.2.